The minimum atomic E-state index is -0.00360. The van der Waals surface area contributed by atoms with E-state index in [2.05, 4.69) is 20.4 Å². The Balaban J connectivity index is 1.28. The van der Waals surface area contributed by atoms with Gasteiger partial charge in [0.15, 0.2) is 0 Å². The summed E-state index contributed by atoms with van der Waals surface area (Å²) in [5.74, 6) is 0.604. The summed E-state index contributed by atoms with van der Waals surface area (Å²) >= 11 is 0. The summed E-state index contributed by atoms with van der Waals surface area (Å²) < 4.78 is 0. The molecule has 26 heavy (non-hydrogen) atoms. The van der Waals surface area contributed by atoms with Crippen molar-refractivity contribution in [3.05, 3.63) is 36.7 Å². The van der Waals surface area contributed by atoms with Gasteiger partial charge in [-0.05, 0) is 62.5 Å². The molecule has 2 amide bonds. The average Bonchev–Trinajstić information content (AvgIpc) is 3.35. The maximum Gasteiger partial charge on any atom is 0.321 e. The van der Waals surface area contributed by atoms with Crippen molar-refractivity contribution >= 4 is 11.7 Å². The molecule has 1 unspecified atom stereocenters. The predicted molar refractivity (Wildman–Crippen MR) is 100 cm³/mol. The fourth-order valence-corrected chi connectivity index (χ4v) is 3.90. The van der Waals surface area contributed by atoms with E-state index in [1.54, 1.807) is 17.2 Å². The Bertz CT molecular complexity index is 708. The minimum absolute atomic E-state index is 0.00360. The molecule has 1 atom stereocenters. The van der Waals surface area contributed by atoms with E-state index in [9.17, 15) is 4.79 Å². The number of amides is 2. The molecule has 1 N–H and O–H groups in total. The Labute approximate surface area is 154 Å². The number of benzene rings is 1. The maximum atomic E-state index is 12.5. The van der Waals surface area contributed by atoms with E-state index in [1.807, 2.05) is 29.2 Å². The third-order valence-electron chi connectivity index (χ3n) is 5.31. The van der Waals surface area contributed by atoms with Crippen LogP contribution in [0, 0.1) is 5.92 Å². The first-order valence-corrected chi connectivity index (χ1v) is 9.53. The molecule has 0 spiro atoms. The zero-order chi connectivity index (χ0) is 17.8. The summed E-state index contributed by atoms with van der Waals surface area (Å²) in [6.07, 6.45) is 8.40. The summed E-state index contributed by atoms with van der Waals surface area (Å²) in [5, 5.41) is 11.2. The third-order valence-corrected chi connectivity index (χ3v) is 5.31. The molecule has 2 saturated heterocycles. The number of carbonyl (C=O) groups excluding carboxylic acids is 1. The fraction of sp³-hybridized carbons (Fsp3) is 0.526. The Morgan fingerprint density at radius 1 is 1.04 bits per heavy atom. The largest absolute Gasteiger partial charge is 0.324 e. The predicted octanol–water partition coefficient (Wildman–Crippen LogP) is 2.61. The molecule has 2 aromatic rings. The molecule has 1 aromatic heterocycles. The van der Waals surface area contributed by atoms with E-state index in [0.717, 1.165) is 37.4 Å². The number of rotatable bonds is 4. The number of likely N-dealkylation sites (tertiary alicyclic amines) is 2. The highest BCUT2D eigenvalue weighted by molar-refractivity contribution is 5.89. The second kappa shape index (κ2) is 7.86. The summed E-state index contributed by atoms with van der Waals surface area (Å²) in [4.78, 5) is 18.6. The summed E-state index contributed by atoms with van der Waals surface area (Å²) in [6, 6.07) is 7.57. The van der Waals surface area contributed by atoms with Crippen LogP contribution in [0.1, 0.15) is 25.7 Å². The Morgan fingerprint density at radius 2 is 1.77 bits per heavy atom. The molecule has 4 rings (SSSR count). The van der Waals surface area contributed by atoms with Crippen LogP contribution in [0.2, 0.25) is 0 Å². The molecule has 2 aliphatic rings. The molecule has 138 valence electrons. The smallest absolute Gasteiger partial charge is 0.321 e. The van der Waals surface area contributed by atoms with Gasteiger partial charge in [0.25, 0.3) is 0 Å². The SMILES string of the molecule is O=C(Nc1ccc(-n2nccn2)cc1)N1CCC(CN2CCCCC2)C1. The highest BCUT2D eigenvalue weighted by atomic mass is 16.2. The topological polar surface area (TPSA) is 66.3 Å². The summed E-state index contributed by atoms with van der Waals surface area (Å²) in [7, 11) is 0. The van der Waals surface area contributed by atoms with Crippen molar-refractivity contribution in [2.24, 2.45) is 5.92 Å². The molecule has 3 heterocycles. The van der Waals surface area contributed by atoms with Gasteiger partial charge in [-0.2, -0.15) is 15.0 Å². The highest BCUT2D eigenvalue weighted by Crippen LogP contribution is 2.21. The van der Waals surface area contributed by atoms with Crippen molar-refractivity contribution in [1.82, 2.24) is 24.8 Å². The first kappa shape index (κ1) is 17.0. The first-order valence-electron chi connectivity index (χ1n) is 9.53. The normalized spacial score (nSPS) is 21.1. The monoisotopic (exact) mass is 354 g/mol. The number of piperidine rings is 1. The Hall–Kier alpha value is -2.41. The standard InChI is InChI=1S/C19H26N6O/c26-19(22-17-4-6-18(7-5-17)25-20-9-10-21-25)24-13-8-16(15-24)14-23-11-2-1-3-12-23/h4-7,9-10,16H,1-3,8,11-15H2,(H,22,26). The van der Waals surface area contributed by atoms with E-state index >= 15 is 0 Å². The van der Waals surface area contributed by atoms with Gasteiger partial charge in [0.05, 0.1) is 18.1 Å². The average molecular weight is 354 g/mol. The third kappa shape index (κ3) is 4.04. The van der Waals surface area contributed by atoms with Crippen LogP contribution in [0.15, 0.2) is 36.7 Å². The number of carbonyl (C=O) groups is 1. The number of nitrogens with zero attached hydrogens (tertiary/aromatic N) is 5. The lowest BCUT2D eigenvalue weighted by atomic mass is 10.1. The molecular formula is C19H26N6O. The van der Waals surface area contributed by atoms with Crippen LogP contribution < -0.4 is 5.32 Å². The molecule has 0 bridgehead atoms. The van der Waals surface area contributed by atoms with Crippen molar-refractivity contribution < 1.29 is 4.79 Å². The second-order valence-electron chi connectivity index (χ2n) is 7.26. The second-order valence-corrected chi connectivity index (χ2v) is 7.26. The molecule has 0 radical (unpaired) electrons. The van der Waals surface area contributed by atoms with Crippen LogP contribution >= 0.6 is 0 Å². The van der Waals surface area contributed by atoms with Gasteiger partial charge < -0.3 is 15.1 Å². The number of anilines is 1. The summed E-state index contributed by atoms with van der Waals surface area (Å²) in [5.41, 5.74) is 1.67. The van der Waals surface area contributed by atoms with Gasteiger partial charge in [0.2, 0.25) is 0 Å². The van der Waals surface area contributed by atoms with Gasteiger partial charge in [-0.25, -0.2) is 4.79 Å². The maximum absolute atomic E-state index is 12.5. The van der Waals surface area contributed by atoms with Crippen LogP contribution in [0.5, 0.6) is 0 Å². The van der Waals surface area contributed by atoms with Crippen LogP contribution in [0.4, 0.5) is 10.5 Å². The molecule has 2 aliphatic heterocycles. The number of hydrogen-bond acceptors (Lipinski definition) is 4. The van der Waals surface area contributed by atoms with Gasteiger partial charge >= 0.3 is 6.03 Å². The van der Waals surface area contributed by atoms with E-state index < -0.39 is 0 Å². The van der Waals surface area contributed by atoms with E-state index in [0.29, 0.717) is 5.92 Å². The molecule has 7 nitrogen and oxygen atoms in total. The number of nitrogens with one attached hydrogen (secondary N) is 1. The quantitative estimate of drug-likeness (QED) is 0.916. The number of urea groups is 1. The van der Waals surface area contributed by atoms with Crippen molar-refractivity contribution in [2.45, 2.75) is 25.7 Å². The molecule has 1 aromatic carbocycles. The molecule has 2 fully saturated rings. The lowest BCUT2D eigenvalue weighted by molar-refractivity contribution is 0.192. The number of aromatic nitrogens is 3. The van der Waals surface area contributed by atoms with Crippen LogP contribution in [0.25, 0.3) is 5.69 Å². The molecule has 7 heteroatoms. The van der Waals surface area contributed by atoms with Crippen LogP contribution in [0.3, 0.4) is 0 Å². The van der Waals surface area contributed by atoms with Crippen molar-refractivity contribution in [3.8, 4) is 5.69 Å². The van der Waals surface area contributed by atoms with Gasteiger partial charge in [-0.15, -0.1) is 0 Å². The molecule has 0 saturated carbocycles. The van der Waals surface area contributed by atoms with E-state index in [1.165, 1.54) is 32.4 Å². The zero-order valence-corrected chi connectivity index (χ0v) is 15.0. The zero-order valence-electron chi connectivity index (χ0n) is 15.0. The van der Waals surface area contributed by atoms with Gasteiger partial charge in [0.1, 0.15) is 0 Å². The Morgan fingerprint density at radius 3 is 2.50 bits per heavy atom. The minimum Gasteiger partial charge on any atom is -0.324 e. The molecular weight excluding hydrogens is 328 g/mol. The highest BCUT2D eigenvalue weighted by Gasteiger charge is 2.28. The summed E-state index contributed by atoms with van der Waals surface area (Å²) in [6.45, 7) is 5.28. The Kier molecular flexibility index (Phi) is 5.15. The molecule has 0 aliphatic carbocycles. The van der Waals surface area contributed by atoms with Gasteiger partial charge in [0, 0.05) is 25.3 Å². The lowest BCUT2D eigenvalue weighted by Crippen LogP contribution is -2.37. The van der Waals surface area contributed by atoms with E-state index in [4.69, 9.17) is 0 Å². The first-order chi connectivity index (χ1) is 12.8. The van der Waals surface area contributed by atoms with Crippen molar-refractivity contribution in [2.75, 3.05) is 38.0 Å². The van der Waals surface area contributed by atoms with E-state index in [-0.39, 0.29) is 6.03 Å². The van der Waals surface area contributed by atoms with Crippen molar-refractivity contribution in [3.63, 3.8) is 0 Å². The van der Waals surface area contributed by atoms with Gasteiger partial charge in [-0.3, -0.25) is 0 Å². The number of hydrogen-bond donors (Lipinski definition) is 1. The van der Waals surface area contributed by atoms with Crippen LogP contribution in [-0.2, 0) is 0 Å². The van der Waals surface area contributed by atoms with Crippen LogP contribution in [-0.4, -0.2) is 63.5 Å². The lowest BCUT2D eigenvalue weighted by Gasteiger charge is -2.29. The fourth-order valence-electron chi connectivity index (χ4n) is 3.90. The van der Waals surface area contributed by atoms with Gasteiger partial charge in [-0.1, -0.05) is 6.42 Å². The van der Waals surface area contributed by atoms with Crippen molar-refractivity contribution in [1.29, 1.82) is 0 Å².